The first-order valence-corrected chi connectivity index (χ1v) is 8.01. The molecule has 0 aliphatic carbocycles. The van der Waals surface area contributed by atoms with Gasteiger partial charge >= 0.3 is 18.2 Å². The normalized spacial score (nSPS) is 11.8. The summed E-state index contributed by atoms with van der Waals surface area (Å²) < 4.78 is 14.4. The number of thioether (sulfide) groups is 1. The summed E-state index contributed by atoms with van der Waals surface area (Å²) in [6, 6.07) is -0.883. The van der Waals surface area contributed by atoms with Gasteiger partial charge in [0.15, 0.2) is 0 Å². The lowest BCUT2D eigenvalue weighted by Gasteiger charge is -2.22. The van der Waals surface area contributed by atoms with Gasteiger partial charge in [-0.2, -0.15) is 0 Å². The number of hydrogen-bond donors (Lipinski definition) is 2. The largest absolute Gasteiger partial charge is 0.467 e. The average molecular weight is 348 g/mol. The van der Waals surface area contributed by atoms with Crippen LogP contribution >= 0.6 is 11.8 Å². The summed E-state index contributed by atoms with van der Waals surface area (Å²) in [5.41, 5.74) is -0.672. The molecule has 1 unspecified atom stereocenters. The van der Waals surface area contributed by atoms with Crippen molar-refractivity contribution in [2.75, 3.05) is 25.3 Å². The first kappa shape index (κ1) is 21.1. The lowest BCUT2D eigenvalue weighted by atomic mass is 10.2. The Morgan fingerprint density at radius 1 is 1.26 bits per heavy atom. The zero-order valence-corrected chi connectivity index (χ0v) is 14.7. The van der Waals surface area contributed by atoms with E-state index >= 15 is 0 Å². The number of amides is 2. The SMILES string of the molecule is C=CCOC(=O)NCSCC(NC(=O)OC(C)(C)C)C(=O)OC. The van der Waals surface area contributed by atoms with Crippen LogP contribution in [0.15, 0.2) is 12.7 Å². The Bertz CT molecular complexity index is 422. The van der Waals surface area contributed by atoms with Crippen LogP contribution in [0.25, 0.3) is 0 Å². The minimum atomic E-state index is -0.883. The van der Waals surface area contributed by atoms with Crippen LogP contribution in [0.1, 0.15) is 20.8 Å². The lowest BCUT2D eigenvalue weighted by molar-refractivity contribution is -0.142. The van der Waals surface area contributed by atoms with Gasteiger partial charge in [0.2, 0.25) is 0 Å². The van der Waals surface area contributed by atoms with E-state index < -0.39 is 29.8 Å². The Kier molecular flexibility index (Phi) is 9.87. The molecule has 0 fully saturated rings. The number of rotatable bonds is 8. The Morgan fingerprint density at radius 3 is 2.43 bits per heavy atom. The van der Waals surface area contributed by atoms with E-state index in [4.69, 9.17) is 9.47 Å². The molecule has 2 N–H and O–H groups in total. The summed E-state index contributed by atoms with van der Waals surface area (Å²) in [6.07, 6.45) is 0.143. The van der Waals surface area contributed by atoms with Crippen LogP contribution in [0.5, 0.6) is 0 Å². The molecule has 0 spiro atoms. The van der Waals surface area contributed by atoms with Crippen molar-refractivity contribution in [1.82, 2.24) is 10.6 Å². The number of carbonyl (C=O) groups is 3. The Labute approximate surface area is 140 Å². The topological polar surface area (TPSA) is 103 Å². The number of alkyl carbamates (subject to hydrolysis) is 2. The first-order chi connectivity index (χ1) is 10.7. The van der Waals surface area contributed by atoms with E-state index in [0.29, 0.717) is 0 Å². The molecular weight excluding hydrogens is 324 g/mol. The molecule has 0 saturated heterocycles. The molecule has 0 aromatic rings. The molecule has 0 aromatic heterocycles. The van der Waals surface area contributed by atoms with E-state index in [1.165, 1.54) is 24.9 Å². The van der Waals surface area contributed by atoms with Crippen molar-refractivity contribution >= 4 is 29.9 Å². The van der Waals surface area contributed by atoms with Crippen LogP contribution in [0.3, 0.4) is 0 Å². The highest BCUT2D eigenvalue weighted by Gasteiger charge is 2.24. The fourth-order valence-corrected chi connectivity index (χ4v) is 2.03. The van der Waals surface area contributed by atoms with E-state index in [1.54, 1.807) is 20.8 Å². The van der Waals surface area contributed by atoms with Gasteiger partial charge < -0.3 is 24.8 Å². The van der Waals surface area contributed by atoms with Crippen molar-refractivity contribution in [3.63, 3.8) is 0 Å². The van der Waals surface area contributed by atoms with Gasteiger partial charge in [0.25, 0.3) is 0 Å². The molecule has 0 rings (SSSR count). The molecule has 2 amide bonds. The first-order valence-electron chi connectivity index (χ1n) is 6.86. The van der Waals surface area contributed by atoms with Gasteiger partial charge in [-0.05, 0) is 20.8 Å². The summed E-state index contributed by atoms with van der Waals surface area (Å²) >= 11 is 1.22. The van der Waals surface area contributed by atoms with E-state index in [-0.39, 0.29) is 18.2 Å². The molecule has 0 heterocycles. The van der Waals surface area contributed by atoms with Crippen molar-refractivity contribution < 1.29 is 28.6 Å². The van der Waals surface area contributed by atoms with Crippen molar-refractivity contribution in [3.05, 3.63) is 12.7 Å². The third kappa shape index (κ3) is 11.3. The van der Waals surface area contributed by atoms with Gasteiger partial charge in [0.05, 0.1) is 13.0 Å². The zero-order valence-electron chi connectivity index (χ0n) is 13.8. The number of hydrogen-bond acceptors (Lipinski definition) is 7. The highest BCUT2D eigenvalue weighted by molar-refractivity contribution is 7.99. The van der Waals surface area contributed by atoms with Crippen LogP contribution < -0.4 is 10.6 Å². The summed E-state index contributed by atoms with van der Waals surface area (Å²) in [5, 5.41) is 4.91. The number of methoxy groups -OCH3 is 1. The van der Waals surface area contributed by atoms with E-state index in [9.17, 15) is 14.4 Å². The summed E-state index contributed by atoms with van der Waals surface area (Å²) in [6.45, 7) is 8.68. The number of nitrogens with one attached hydrogen (secondary N) is 2. The number of carbonyl (C=O) groups excluding carboxylic acids is 3. The Balaban J connectivity index is 4.26. The monoisotopic (exact) mass is 348 g/mol. The Hall–Kier alpha value is -1.90. The quantitative estimate of drug-likeness (QED) is 0.226. The molecule has 132 valence electrons. The van der Waals surface area contributed by atoms with Gasteiger partial charge in [0.1, 0.15) is 18.2 Å². The second kappa shape index (κ2) is 10.8. The van der Waals surface area contributed by atoms with Crippen molar-refractivity contribution in [2.45, 2.75) is 32.4 Å². The standard InChI is InChI=1S/C14H24N2O6S/c1-6-7-21-12(18)15-9-23-8-10(11(17)20-5)16-13(19)22-14(2,3)4/h6,10H,1,7-9H2,2-5H3,(H,15,18)(H,16,19). The second-order valence-electron chi connectivity index (χ2n) is 5.30. The van der Waals surface area contributed by atoms with Crippen LogP contribution in [0.2, 0.25) is 0 Å². The predicted molar refractivity (Wildman–Crippen MR) is 87.2 cm³/mol. The number of ether oxygens (including phenoxy) is 3. The van der Waals surface area contributed by atoms with Gasteiger partial charge in [-0.15, -0.1) is 11.8 Å². The maximum Gasteiger partial charge on any atom is 0.408 e. The van der Waals surface area contributed by atoms with Crippen LogP contribution in [0.4, 0.5) is 9.59 Å². The third-order valence-electron chi connectivity index (χ3n) is 2.11. The molecule has 9 heteroatoms. The molecule has 0 aliphatic rings. The van der Waals surface area contributed by atoms with E-state index in [0.717, 1.165) is 0 Å². The molecule has 0 radical (unpaired) electrons. The molecule has 0 aliphatic heterocycles. The van der Waals surface area contributed by atoms with Gasteiger partial charge in [0, 0.05) is 5.75 Å². The van der Waals surface area contributed by atoms with Gasteiger partial charge in [-0.3, -0.25) is 0 Å². The molecule has 0 bridgehead atoms. The van der Waals surface area contributed by atoms with Gasteiger partial charge in [-0.1, -0.05) is 12.7 Å². The minimum absolute atomic E-state index is 0.113. The number of esters is 1. The van der Waals surface area contributed by atoms with Gasteiger partial charge in [-0.25, -0.2) is 14.4 Å². The minimum Gasteiger partial charge on any atom is -0.467 e. The predicted octanol–water partition coefficient (Wildman–Crippen LogP) is 1.66. The zero-order chi connectivity index (χ0) is 17.9. The van der Waals surface area contributed by atoms with Crippen molar-refractivity contribution in [1.29, 1.82) is 0 Å². The average Bonchev–Trinajstić information content (AvgIpc) is 2.45. The van der Waals surface area contributed by atoms with Crippen LogP contribution in [-0.2, 0) is 19.0 Å². The third-order valence-corrected chi connectivity index (χ3v) is 3.03. The van der Waals surface area contributed by atoms with Crippen LogP contribution in [0, 0.1) is 0 Å². The van der Waals surface area contributed by atoms with Crippen molar-refractivity contribution in [3.8, 4) is 0 Å². The maximum atomic E-state index is 11.7. The molecular formula is C14H24N2O6S. The smallest absolute Gasteiger partial charge is 0.408 e. The summed E-state index contributed by atoms with van der Waals surface area (Å²) in [5.74, 6) is -0.190. The molecule has 8 nitrogen and oxygen atoms in total. The fraction of sp³-hybridized carbons (Fsp3) is 0.643. The van der Waals surface area contributed by atoms with E-state index in [2.05, 4.69) is 21.9 Å². The lowest BCUT2D eigenvalue weighted by Crippen LogP contribution is -2.45. The highest BCUT2D eigenvalue weighted by atomic mass is 32.2. The van der Waals surface area contributed by atoms with Crippen LogP contribution in [-0.4, -0.2) is 55.1 Å². The molecule has 23 heavy (non-hydrogen) atoms. The molecule has 0 saturated carbocycles. The Morgan fingerprint density at radius 2 is 1.91 bits per heavy atom. The molecule has 1 atom stereocenters. The highest BCUT2D eigenvalue weighted by Crippen LogP contribution is 2.08. The van der Waals surface area contributed by atoms with E-state index in [1.807, 2.05) is 0 Å². The summed E-state index contributed by atoms with van der Waals surface area (Å²) in [7, 11) is 1.22. The summed E-state index contributed by atoms with van der Waals surface area (Å²) in [4.78, 5) is 34.5. The molecule has 0 aromatic carbocycles. The van der Waals surface area contributed by atoms with Crippen molar-refractivity contribution in [2.24, 2.45) is 0 Å². The fourth-order valence-electron chi connectivity index (χ4n) is 1.23. The second-order valence-corrected chi connectivity index (χ2v) is 6.33. The maximum absolute atomic E-state index is 11.7.